The number of rotatable bonds is 0. The van der Waals surface area contributed by atoms with E-state index in [0.29, 0.717) is 12.8 Å². The van der Waals surface area contributed by atoms with Crippen LogP contribution in [-0.2, 0) is 14.3 Å². The van der Waals surface area contributed by atoms with E-state index in [9.17, 15) is 4.79 Å². The number of fused-ring (bicyclic) bond motifs is 2. The second-order valence-electron chi connectivity index (χ2n) is 2.14. The van der Waals surface area contributed by atoms with Gasteiger partial charge < -0.3 is 9.47 Å². The Morgan fingerprint density at radius 1 is 1.56 bits per heavy atom. The van der Waals surface area contributed by atoms with Gasteiger partial charge >= 0.3 is 0 Å². The van der Waals surface area contributed by atoms with E-state index in [1.54, 1.807) is 0 Å². The molecule has 2 rings (SSSR count). The van der Waals surface area contributed by atoms with Crippen LogP contribution in [0.4, 0.5) is 0 Å². The zero-order valence-corrected chi connectivity index (χ0v) is 4.79. The Balaban J connectivity index is 2.23. The second-order valence-corrected chi connectivity index (χ2v) is 2.14. The minimum atomic E-state index is -0.603. The molecule has 0 aromatic rings. The largest absolute Gasteiger partial charge is 0.452 e. The van der Waals surface area contributed by atoms with Gasteiger partial charge in [0.15, 0.2) is 0 Å². The third-order valence-corrected chi connectivity index (χ3v) is 1.46. The summed E-state index contributed by atoms with van der Waals surface area (Å²) in [5.74, 6) is 0.854. The van der Waals surface area contributed by atoms with E-state index in [1.165, 1.54) is 6.26 Å². The third kappa shape index (κ3) is 0.608. The molecule has 48 valence electrons. The fourth-order valence-electron chi connectivity index (χ4n) is 0.954. The van der Waals surface area contributed by atoms with Crippen molar-refractivity contribution in [2.75, 3.05) is 0 Å². The van der Waals surface area contributed by atoms with E-state index in [2.05, 4.69) is 0 Å². The van der Waals surface area contributed by atoms with Crippen molar-refractivity contribution < 1.29 is 14.3 Å². The molecule has 3 heteroatoms. The Bertz CT molecular complexity index is 183. The molecule has 0 N–H and O–H groups in total. The highest BCUT2D eigenvalue weighted by Crippen LogP contribution is 2.25. The number of Topliss-reactive ketones (excluding diaryl/α,β-unsaturated/α-hetero) is 1. The highest BCUT2D eigenvalue weighted by Gasteiger charge is 2.31. The second kappa shape index (κ2) is 1.50. The maximum Gasteiger partial charge on any atom is 0.299 e. The normalized spacial score (nSPS) is 30.9. The lowest BCUT2D eigenvalue weighted by Crippen LogP contribution is -2.24. The van der Waals surface area contributed by atoms with Crippen molar-refractivity contribution in [3.63, 3.8) is 0 Å². The number of carbonyl (C=O) groups excluding carboxylic acids is 1. The lowest BCUT2D eigenvalue weighted by molar-refractivity contribution is -0.146. The summed E-state index contributed by atoms with van der Waals surface area (Å²) < 4.78 is 9.85. The lowest BCUT2D eigenvalue weighted by atomic mass is 10.2. The molecule has 0 saturated carbocycles. The number of allylic oxidation sites excluding steroid dienone is 1. The Kier molecular flexibility index (Phi) is 0.806. The summed E-state index contributed by atoms with van der Waals surface area (Å²) in [6.07, 6.45) is 2.19. The lowest BCUT2D eigenvalue weighted by Gasteiger charge is -2.14. The molecule has 1 atom stereocenters. The standard InChI is InChI=1S/C6H6O3/c7-5-2-1-4-3-8-6(5)9-4/h3,6H,1-2H2/t6-/m1/s1. The van der Waals surface area contributed by atoms with Gasteiger partial charge in [0.05, 0.1) is 0 Å². The van der Waals surface area contributed by atoms with Crippen molar-refractivity contribution in [1.82, 2.24) is 0 Å². The topological polar surface area (TPSA) is 35.5 Å². The molecule has 1 saturated heterocycles. The van der Waals surface area contributed by atoms with E-state index in [-0.39, 0.29) is 5.78 Å². The SMILES string of the molecule is O=C1CCC2=CO[C@@H]1O2. The Morgan fingerprint density at radius 3 is 3.22 bits per heavy atom. The Morgan fingerprint density at radius 2 is 2.44 bits per heavy atom. The number of carbonyl (C=O) groups is 1. The molecule has 2 heterocycles. The number of ketones is 1. The van der Waals surface area contributed by atoms with Gasteiger partial charge in [0.2, 0.25) is 5.78 Å². The first-order valence-electron chi connectivity index (χ1n) is 2.90. The fourth-order valence-corrected chi connectivity index (χ4v) is 0.954. The van der Waals surface area contributed by atoms with Gasteiger partial charge in [-0.15, -0.1) is 0 Å². The van der Waals surface area contributed by atoms with Crippen molar-refractivity contribution in [3.05, 3.63) is 12.0 Å². The first kappa shape index (κ1) is 4.85. The molecule has 0 aliphatic carbocycles. The van der Waals surface area contributed by atoms with Crippen molar-refractivity contribution >= 4 is 5.78 Å². The van der Waals surface area contributed by atoms with Crippen LogP contribution in [0.25, 0.3) is 0 Å². The summed E-state index contributed by atoms with van der Waals surface area (Å²) >= 11 is 0. The van der Waals surface area contributed by atoms with Gasteiger partial charge in [-0.25, -0.2) is 0 Å². The number of hydrogen-bond acceptors (Lipinski definition) is 3. The predicted molar refractivity (Wildman–Crippen MR) is 28.3 cm³/mol. The highest BCUT2D eigenvalue weighted by atomic mass is 16.7. The molecule has 1 fully saturated rings. The van der Waals surface area contributed by atoms with Crippen molar-refractivity contribution in [1.29, 1.82) is 0 Å². The van der Waals surface area contributed by atoms with Gasteiger partial charge in [-0.05, 0) is 0 Å². The van der Waals surface area contributed by atoms with Gasteiger partial charge in [-0.2, -0.15) is 0 Å². The average Bonchev–Trinajstić information content (AvgIpc) is 2.25. The summed E-state index contributed by atoms with van der Waals surface area (Å²) in [5.41, 5.74) is 0. The average molecular weight is 126 g/mol. The molecular weight excluding hydrogens is 120 g/mol. The molecule has 0 unspecified atom stereocenters. The molecule has 0 spiro atoms. The van der Waals surface area contributed by atoms with Crippen molar-refractivity contribution in [2.24, 2.45) is 0 Å². The van der Waals surface area contributed by atoms with Crippen LogP contribution in [0.2, 0.25) is 0 Å². The molecule has 3 nitrogen and oxygen atoms in total. The van der Waals surface area contributed by atoms with Gasteiger partial charge in [0.25, 0.3) is 6.29 Å². The van der Waals surface area contributed by atoms with Crippen LogP contribution in [0.3, 0.4) is 0 Å². The van der Waals surface area contributed by atoms with E-state index >= 15 is 0 Å². The van der Waals surface area contributed by atoms with Crippen LogP contribution in [0.5, 0.6) is 0 Å². The zero-order valence-electron chi connectivity index (χ0n) is 4.79. The minimum absolute atomic E-state index is 0.0486. The maximum absolute atomic E-state index is 10.8. The monoisotopic (exact) mass is 126 g/mol. The van der Waals surface area contributed by atoms with E-state index < -0.39 is 6.29 Å². The van der Waals surface area contributed by atoms with Crippen LogP contribution >= 0.6 is 0 Å². The molecule has 0 radical (unpaired) electrons. The predicted octanol–water partition coefficient (Wildman–Crippen LogP) is 0.564. The van der Waals surface area contributed by atoms with E-state index in [0.717, 1.165) is 5.76 Å². The summed E-state index contributed by atoms with van der Waals surface area (Å²) in [4.78, 5) is 10.8. The van der Waals surface area contributed by atoms with Crippen molar-refractivity contribution in [2.45, 2.75) is 19.1 Å². The van der Waals surface area contributed by atoms with Gasteiger partial charge in [0, 0.05) is 12.8 Å². The zero-order chi connectivity index (χ0) is 6.27. The summed E-state index contributed by atoms with van der Waals surface area (Å²) in [6.45, 7) is 0. The van der Waals surface area contributed by atoms with Gasteiger partial charge in [-0.3, -0.25) is 4.79 Å². The summed E-state index contributed by atoms with van der Waals surface area (Å²) in [5, 5.41) is 0. The van der Waals surface area contributed by atoms with Crippen LogP contribution in [0.1, 0.15) is 12.8 Å². The van der Waals surface area contributed by atoms with Crippen LogP contribution in [0.15, 0.2) is 12.0 Å². The molecular formula is C6H6O3. The molecule has 0 amide bonds. The molecule has 9 heavy (non-hydrogen) atoms. The summed E-state index contributed by atoms with van der Waals surface area (Å²) in [7, 11) is 0. The number of hydrogen-bond donors (Lipinski definition) is 0. The molecule has 0 aromatic heterocycles. The molecule has 2 aliphatic heterocycles. The van der Waals surface area contributed by atoms with Gasteiger partial charge in [0.1, 0.15) is 12.0 Å². The smallest absolute Gasteiger partial charge is 0.299 e. The number of ether oxygens (including phenoxy) is 2. The van der Waals surface area contributed by atoms with E-state index in [4.69, 9.17) is 9.47 Å². The summed E-state index contributed by atoms with van der Waals surface area (Å²) in [6, 6.07) is 0. The highest BCUT2D eigenvalue weighted by molar-refractivity contribution is 5.83. The Hall–Kier alpha value is -0.990. The quantitative estimate of drug-likeness (QED) is 0.475. The maximum atomic E-state index is 10.8. The van der Waals surface area contributed by atoms with Crippen molar-refractivity contribution in [3.8, 4) is 0 Å². The fraction of sp³-hybridized carbons (Fsp3) is 0.500. The van der Waals surface area contributed by atoms with Crippen LogP contribution in [-0.4, -0.2) is 12.1 Å². The molecule has 0 aromatic carbocycles. The minimum Gasteiger partial charge on any atom is -0.452 e. The Labute approximate surface area is 52.3 Å². The van der Waals surface area contributed by atoms with Crippen LogP contribution in [0, 0.1) is 0 Å². The molecule has 2 bridgehead atoms. The van der Waals surface area contributed by atoms with E-state index in [1.807, 2.05) is 0 Å². The first-order valence-corrected chi connectivity index (χ1v) is 2.90. The van der Waals surface area contributed by atoms with Crippen LogP contribution < -0.4 is 0 Å². The molecule has 2 aliphatic rings. The third-order valence-electron chi connectivity index (χ3n) is 1.46. The first-order chi connectivity index (χ1) is 4.36. The van der Waals surface area contributed by atoms with Gasteiger partial charge in [-0.1, -0.05) is 0 Å².